The predicted octanol–water partition coefficient (Wildman–Crippen LogP) is 3.77. The van der Waals surface area contributed by atoms with Gasteiger partial charge in [-0.1, -0.05) is 18.9 Å². The summed E-state index contributed by atoms with van der Waals surface area (Å²) in [6, 6.07) is 2.38. The van der Waals surface area contributed by atoms with Crippen molar-refractivity contribution in [2.24, 2.45) is 0 Å². The van der Waals surface area contributed by atoms with Gasteiger partial charge in [-0.25, -0.2) is 0 Å². The highest BCUT2D eigenvalue weighted by Gasteiger charge is 2.52. The van der Waals surface area contributed by atoms with Gasteiger partial charge in [-0.05, 0) is 68.5 Å². The van der Waals surface area contributed by atoms with Crippen LogP contribution in [0, 0.1) is 0 Å². The molecule has 2 aromatic rings. The fourth-order valence-electron chi connectivity index (χ4n) is 7.77. The molecular weight excluding hydrogens is 629 g/mol. The number of nitrogens with zero attached hydrogens (tertiary/aromatic N) is 3. The molecule has 11 nitrogen and oxygen atoms in total. The molecule has 1 saturated carbocycles. The summed E-state index contributed by atoms with van der Waals surface area (Å²) in [7, 11) is -5.78. The van der Waals surface area contributed by atoms with Gasteiger partial charge < -0.3 is 29.8 Å². The number of carbonyl (C=O) groups excluding carboxylic acids is 4. The van der Waals surface area contributed by atoms with E-state index in [4.69, 9.17) is 9.79 Å². The minimum absolute atomic E-state index is 0.0354. The topological polar surface area (TPSA) is 148 Å². The second-order valence-electron chi connectivity index (χ2n) is 12.7. The van der Waals surface area contributed by atoms with Crippen LogP contribution in [0.25, 0.3) is 10.1 Å². The van der Waals surface area contributed by atoms with Crippen LogP contribution in [-0.4, -0.2) is 91.4 Å². The summed E-state index contributed by atoms with van der Waals surface area (Å²) in [5.74, 6) is -1.38. The highest BCUT2D eigenvalue weighted by molar-refractivity contribution is 7.52. The monoisotopic (exact) mass is 666 g/mol. The zero-order valence-electron chi connectivity index (χ0n) is 24.9. The first-order valence-corrected chi connectivity index (χ1v) is 17.8. The fraction of sp³-hybridized carbons (Fsp3) is 0.600. The molecule has 3 saturated heterocycles. The van der Waals surface area contributed by atoms with E-state index in [2.05, 4.69) is 5.32 Å². The number of hydrogen-bond donors (Lipinski definition) is 3. The number of thiophene rings is 1. The SMILES string of the molecule is CC(=O)N1CC[C@H]2CC[C@@H](C(=O)N3CCCC34CCCC4)N2C(=O)[C@@H](NC(=O)c2cc3cc(C(F)(F)P(=O)(O)O)ccc3s2)C1. The summed E-state index contributed by atoms with van der Waals surface area (Å²) >= 11 is 0.974. The maximum Gasteiger partial charge on any atom is 0.399 e. The Morgan fingerprint density at radius 3 is 2.44 bits per heavy atom. The van der Waals surface area contributed by atoms with Gasteiger partial charge in [-0.2, -0.15) is 8.78 Å². The van der Waals surface area contributed by atoms with Gasteiger partial charge >= 0.3 is 13.3 Å². The number of likely N-dealkylation sites (tertiary alicyclic amines) is 1. The van der Waals surface area contributed by atoms with Gasteiger partial charge in [0.1, 0.15) is 12.1 Å². The molecule has 15 heteroatoms. The highest BCUT2D eigenvalue weighted by atomic mass is 32.1. The summed E-state index contributed by atoms with van der Waals surface area (Å²) in [5, 5.41) is 2.93. The maximum atomic E-state index is 14.3. The molecule has 4 heterocycles. The molecule has 1 aromatic carbocycles. The van der Waals surface area contributed by atoms with E-state index < -0.39 is 42.7 Å². The summed E-state index contributed by atoms with van der Waals surface area (Å²) in [4.78, 5) is 77.8. The van der Waals surface area contributed by atoms with E-state index in [0.717, 1.165) is 62.0 Å². The van der Waals surface area contributed by atoms with Gasteiger partial charge in [0.05, 0.1) is 4.88 Å². The minimum atomic E-state index is -5.78. The third-order valence-corrected chi connectivity index (χ3v) is 12.2. The van der Waals surface area contributed by atoms with E-state index in [1.54, 1.807) is 4.90 Å². The summed E-state index contributed by atoms with van der Waals surface area (Å²) in [6.07, 6.45) is 7.69. The standard InChI is InChI=1S/C30H37F2N4O7PS/c1-18(37)34-14-9-21-6-7-23(28(40)35-13-4-12-29(35)10-2-3-11-29)36(21)27(39)22(17-34)33-26(38)25-16-19-15-20(5-8-24(19)45-25)30(31,32)44(41,42)43/h5,8,15-16,21-23H,2-4,6-7,9-14,17H2,1H3,(H,33,38)(H2,41,42,43)/t21-,22+,23+/m1/s1. The Hall–Kier alpha value is -2.93. The third-order valence-electron chi connectivity index (χ3n) is 10.1. The molecule has 0 bridgehead atoms. The van der Waals surface area contributed by atoms with Crippen molar-refractivity contribution in [3.63, 3.8) is 0 Å². The van der Waals surface area contributed by atoms with Crippen LogP contribution in [-0.2, 0) is 24.6 Å². The normalized spacial score (nSPS) is 25.5. The molecule has 6 rings (SSSR count). The first kappa shape index (κ1) is 32.0. The van der Waals surface area contributed by atoms with Gasteiger partial charge in [0.15, 0.2) is 0 Å². The van der Waals surface area contributed by atoms with Crippen molar-refractivity contribution in [1.82, 2.24) is 20.0 Å². The number of fused-ring (bicyclic) bond motifs is 2. The molecule has 45 heavy (non-hydrogen) atoms. The van der Waals surface area contributed by atoms with Crippen LogP contribution in [0.15, 0.2) is 24.3 Å². The first-order chi connectivity index (χ1) is 21.2. The van der Waals surface area contributed by atoms with Crippen LogP contribution in [0.3, 0.4) is 0 Å². The number of halogens is 2. The Labute approximate surface area is 263 Å². The Kier molecular flexibility index (Phi) is 8.33. The number of nitrogens with one attached hydrogen (secondary N) is 1. The Balaban J connectivity index is 1.26. The van der Waals surface area contributed by atoms with Crippen molar-refractivity contribution in [1.29, 1.82) is 0 Å². The summed E-state index contributed by atoms with van der Waals surface area (Å²) < 4.78 is 40.4. The van der Waals surface area contributed by atoms with Crippen molar-refractivity contribution in [3.8, 4) is 0 Å². The molecule has 0 unspecified atom stereocenters. The average molecular weight is 667 g/mol. The van der Waals surface area contributed by atoms with Crippen LogP contribution in [0.5, 0.6) is 0 Å². The van der Waals surface area contributed by atoms with Gasteiger partial charge in [0.2, 0.25) is 17.7 Å². The van der Waals surface area contributed by atoms with Gasteiger partial charge in [-0.3, -0.25) is 23.7 Å². The largest absolute Gasteiger partial charge is 0.399 e. The van der Waals surface area contributed by atoms with Gasteiger partial charge in [0, 0.05) is 48.4 Å². The summed E-state index contributed by atoms with van der Waals surface area (Å²) in [6.45, 7) is 2.36. The van der Waals surface area contributed by atoms with E-state index in [0.29, 0.717) is 37.1 Å². The number of rotatable bonds is 5. The molecule has 1 aromatic heterocycles. The van der Waals surface area contributed by atoms with Crippen molar-refractivity contribution in [2.45, 2.75) is 94.0 Å². The number of benzene rings is 1. The molecule has 4 amide bonds. The van der Waals surface area contributed by atoms with Crippen LogP contribution < -0.4 is 5.32 Å². The molecule has 3 N–H and O–H groups in total. The minimum Gasteiger partial charge on any atom is -0.340 e. The third kappa shape index (κ3) is 5.68. The number of hydrogen-bond acceptors (Lipinski definition) is 6. The predicted molar refractivity (Wildman–Crippen MR) is 162 cm³/mol. The fourth-order valence-corrected chi connectivity index (χ4v) is 9.19. The lowest BCUT2D eigenvalue weighted by Crippen LogP contribution is -2.62. The highest BCUT2D eigenvalue weighted by Crippen LogP contribution is 2.59. The van der Waals surface area contributed by atoms with Crippen molar-refractivity contribution in [3.05, 3.63) is 34.7 Å². The molecule has 1 aliphatic carbocycles. The van der Waals surface area contributed by atoms with Crippen LogP contribution >= 0.6 is 18.9 Å². The lowest BCUT2D eigenvalue weighted by atomic mass is 9.93. The first-order valence-electron chi connectivity index (χ1n) is 15.4. The Bertz CT molecular complexity index is 1580. The van der Waals surface area contributed by atoms with E-state index >= 15 is 0 Å². The summed E-state index contributed by atoms with van der Waals surface area (Å²) in [5.41, 5.74) is -5.41. The molecule has 3 atom stereocenters. The zero-order valence-corrected chi connectivity index (χ0v) is 26.6. The van der Waals surface area contributed by atoms with E-state index in [1.807, 2.05) is 4.90 Å². The lowest BCUT2D eigenvalue weighted by molar-refractivity contribution is -0.150. The van der Waals surface area contributed by atoms with Crippen molar-refractivity contribution < 1.29 is 42.3 Å². The lowest BCUT2D eigenvalue weighted by Gasteiger charge is -2.42. The molecule has 3 aliphatic heterocycles. The molecule has 4 fully saturated rings. The van der Waals surface area contributed by atoms with Gasteiger partial charge in [0.25, 0.3) is 5.91 Å². The molecule has 1 spiro atoms. The van der Waals surface area contributed by atoms with Crippen LogP contribution in [0.2, 0.25) is 0 Å². The van der Waals surface area contributed by atoms with Crippen molar-refractivity contribution in [2.75, 3.05) is 19.6 Å². The number of carbonyl (C=O) groups is 4. The smallest absolute Gasteiger partial charge is 0.340 e. The van der Waals surface area contributed by atoms with Crippen molar-refractivity contribution >= 4 is 52.6 Å². The molecular formula is C30H37F2N4O7PS. The maximum absolute atomic E-state index is 14.3. The second kappa shape index (κ2) is 11.7. The van der Waals surface area contributed by atoms with Crippen LogP contribution in [0.4, 0.5) is 8.78 Å². The zero-order chi connectivity index (χ0) is 32.3. The quantitative estimate of drug-likeness (QED) is 0.412. The molecule has 0 radical (unpaired) electrons. The van der Waals surface area contributed by atoms with E-state index in [1.165, 1.54) is 24.0 Å². The van der Waals surface area contributed by atoms with E-state index in [-0.39, 0.29) is 40.2 Å². The van der Waals surface area contributed by atoms with E-state index in [9.17, 15) is 32.5 Å². The van der Waals surface area contributed by atoms with Crippen LogP contribution in [0.1, 0.15) is 79.9 Å². The second-order valence-corrected chi connectivity index (χ2v) is 15.5. The molecule has 4 aliphatic rings. The molecule has 244 valence electrons. The average Bonchev–Trinajstić information content (AvgIpc) is 3.78. The Morgan fingerprint density at radius 2 is 1.76 bits per heavy atom. The number of amides is 4. The van der Waals surface area contributed by atoms with Gasteiger partial charge in [-0.15, -0.1) is 11.3 Å². The Morgan fingerprint density at radius 1 is 1.04 bits per heavy atom. The number of alkyl halides is 2.